The summed E-state index contributed by atoms with van der Waals surface area (Å²) in [6, 6.07) is 2.13. The highest BCUT2D eigenvalue weighted by atomic mass is 15.2. The molecule has 2 N–H and O–H groups in total. The van der Waals surface area contributed by atoms with Crippen LogP contribution in [0, 0.1) is 19.8 Å². The average Bonchev–Trinajstić information content (AvgIpc) is 2.38. The van der Waals surface area contributed by atoms with Gasteiger partial charge in [-0.05, 0) is 44.2 Å². The lowest BCUT2D eigenvalue weighted by Gasteiger charge is -2.34. The summed E-state index contributed by atoms with van der Waals surface area (Å²) in [7, 11) is 0. The summed E-state index contributed by atoms with van der Waals surface area (Å²) in [5.41, 5.74) is 9.50. The highest BCUT2D eigenvalue weighted by molar-refractivity contribution is 5.52. The molecule has 0 radical (unpaired) electrons. The molecule has 1 atom stereocenters. The van der Waals surface area contributed by atoms with Crippen LogP contribution >= 0.6 is 0 Å². The second-order valence-electron chi connectivity index (χ2n) is 5.45. The number of rotatable bonds is 3. The van der Waals surface area contributed by atoms with Crippen LogP contribution in [0.1, 0.15) is 43.0 Å². The Bertz CT molecular complexity index is 414. The molecule has 1 unspecified atom stereocenters. The van der Waals surface area contributed by atoms with Crippen molar-refractivity contribution in [3.63, 3.8) is 0 Å². The van der Waals surface area contributed by atoms with Crippen LogP contribution in [-0.2, 0) is 6.54 Å². The van der Waals surface area contributed by atoms with Crippen molar-refractivity contribution in [1.82, 2.24) is 4.98 Å². The Balaban J connectivity index is 2.31. The topological polar surface area (TPSA) is 42.2 Å². The third kappa shape index (κ3) is 2.66. The van der Waals surface area contributed by atoms with E-state index in [-0.39, 0.29) is 0 Å². The Labute approximate surface area is 110 Å². The lowest BCUT2D eigenvalue weighted by Crippen LogP contribution is -2.36. The first-order valence-corrected chi connectivity index (χ1v) is 7.07. The summed E-state index contributed by atoms with van der Waals surface area (Å²) in [5.74, 6) is 1.94. The van der Waals surface area contributed by atoms with Gasteiger partial charge in [0.2, 0.25) is 0 Å². The molecule has 0 aromatic carbocycles. The third-order valence-corrected chi connectivity index (χ3v) is 4.05. The standard InChI is InChI=1S/C15H25N3/c1-4-13-6-5-7-18(10-13)15-14(9-16)11(2)8-12(3)17-15/h8,13H,4-7,9-10,16H2,1-3H3. The first kappa shape index (κ1) is 13.3. The van der Waals surface area contributed by atoms with Crippen molar-refractivity contribution in [2.24, 2.45) is 11.7 Å². The minimum absolute atomic E-state index is 0.585. The zero-order valence-electron chi connectivity index (χ0n) is 11.9. The van der Waals surface area contributed by atoms with Gasteiger partial charge in [-0.2, -0.15) is 0 Å². The maximum atomic E-state index is 5.91. The Hall–Kier alpha value is -1.09. The fraction of sp³-hybridized carbons (Fsp3) is 0.667. The largest absolute Gasteiger partial charge is 0.356 e. The van der Waals surface area contributed by atoms with E-state index in [1.54, 1.807) is 0 Å². The molecule has 1 aromatic rings. The minimum Gasteiger partial charge on any atom is -0.356 e. The summed E-state index contributed by atoms with van der Waals surface area (Å²) in [6.07, 6.45) is 3.90. The van der Waals surface area contributed by atoms with E-state index in [4.69, 9.17) is 10.7 Å². The highest BCUT2D eigenvalue weighted by Crippen LogP contribution is 2.28. The lowest BCUT2D eigenvalue weighted by atomic mass is 9.95. The number of piperidine rings is 1. The molecular formula is C15H25N3. The van der Waals surface area contributed by atoms with Gasteiger partial charge in [-0.15, -0.1) is 0 Å². The zero-order chi connectivity index (χ0) is 13.1. The van der Waals surface area contributed by atoms with Gasteiger partial charge in [0.05, 0.1) is 0 Å². The fourth-order valence-electron chi connectivity index (χ4n) is 2.95. The van der Waals surface area contributed by atoms with Crippen LogP contribution < -0.4 is 10.6 Å². The van der Waals surface area contributed by atoms with Gasteiger partial charge in [-0.25, -0.2) is 4.98 Å². The smallest absolute Gasteiger partial charge is 0.133 e. The number of aromatic nitrogens is 1. The van der Waals surface area contributed by atoms with Gasteiger partial charge < -0.3 is 10.6 Å². The fourth-order valence-corrected chi connectivity index (χ4v) is 2.95. The molecule has 1 fully saturated rings. The van der Waals surface area contributed by atoms with Crippen LogP contribution in [0.3, 0.4) is 0 Å². The maximum absolute atomic E-state index is 5.91. The third-order valence-electron chi connectivity index (χ3n) is 4.05. The van der Waals surface area contributed by atoms with Crippen molar-refractivity contribution in [3.05, 3.63) is 22.9 Å². The van der Waals surface area contributed by atoms with Gasteiger partial charge in [0.25, 0.3) is 0 Å². The zero-order valence-corrected chi connectivity index (χ0v) is 11.9. The van der Waals surface area contributed by atoms with Gasteiger partial charge >= 0.3 is 0 Å². The Morgan fingerprint density at radius 1 is 1.44 bits per heavy atom. The number of anilines is 1. The molecule has 0 spiro atoms. The maximum Gasteiger partial charge on any atom is 0.133 e. The molecule has 100 valence electrons. The number of hydrogen-bond donors (Lipinski definition) is 1. The van der Waals surface area contributed by atoms with E-state index in [1.165, 1.54) is 30.4 Å². The molecule has 3 nitrogen and oxygen atoms in total. The number of hydrogen-bond acceptors (Lipinski definition) is 3. The molecule has 1 saturated heterocycles. The number of nitrogens with two attached hydrogens (primary N) is 1. The normalized spacial score (nSPS) is 20.2. The summed E-state index contributed by atoms with van der Waals surface area (Å²) in [6.45, 7) is 9.34. The van der Waals surface area contributed by atoms with E-state index < -0.39 is 0 Å². The van der Waals surface area contributed by atoms with Crippen molar-refractivity contribution in [2.45, 2.75) is 46.6 Å². The van der Waals surface area contributed by atoms with Gasteiger partial charge in [0, 0.05) is 30.9 Å². The van der Waals surface area contributed by atoms with Crippen molar-refractivity contribution in [3.8, 4) is 0 Å². The van der Waals surface area contributed by atoms with E-state index in [9.17, 15) is 0 Å². The molecule has 2 rings (SSSR count). The quantitative estimate of drug-likeness (QED) is 0.893. The number of nitrogens with zero attached hydrogens (tertiary/aromatic N) is 2. The van der Waals surface area contributed by atoms with Crippen LogP contribution in [0.15, 0.2) is 6.07 Å². The Morgan fingerprint density at radius 2 is 2.22 bits per heavy atom. The first-order valence-electron chi connectivity index (χ1n) is 7.07. The molecule has 18 heavy (non-hydrogen) atoms. The summed E-state index contributed by atoms with van der Waals surface area (Å²) >= 11 is 0. The Kier molecular flexibility index (Phi) is 4.23. The summed E-state index contributed by atoms with van der Waals surface area (Å²) in [4.78, 5) is 7.19. The van der Waals surface area contributed by atoms with Gasteiger partial charge in [-0.1, -0.05) is 13.3 Å². The van der Waals surface area contributed by atoms with Gasteiger partial charge in [-0.3, -0.25) is 0 Å². The minimum atomic E-state index is 0.585. The molecule has 0 aliphatic carbocycles. The van der Waals surface area contributed by atoms with Crippen molar-refractivity contribution >= 4 is 5.82 Å². The van der Waals surface area contributed by atoms with Gasteiger partial charge in [0.15, 0.2) is 0 Å². The monoisotopic (exact) mass is 247 g/mol. The molecular weight excluding hydrogens is 222 g/mol. The van der Waals surface area contributed by atoms with Crippen LogP contribution in [0.2, 0.25) is 0 Å². The van der Waals surface area contributed by atoms with E-state index in [1.807, 2.05) is 0 Å². The average molecular weight is 247 g/mol. The Morgan fingerprint density at radius 3 is 2.89 bits per heavy atom. The van der Waals surface area contributed by atoms with Crippen LogP contribution in [0.25, 0.3) is 0 Å². The molecule has 1 aromatic heterocycles. The molecule has 1 aliphatic heterocycles. The molecule has 1 aliphatic rings. The van der Waals surface area contributed by atoms with E-state index in [2.05, 4.69) is 31.7 Å². The summed E-state index contributed by atoms with van der Waals surface area (Å²) in [5, 5.41) is 0. The van der Waals surface area contributed by atoms with Crippen LogP contribution in [0.5, 0.6) is 0 Å². The highest BCUT2D eigenvalue weighted by Gasteiger charge is 2.22. The van der Waals surface area contributed by atoms with Crippen molar-refractivity contribution in [2.75, 3.05) is 18.0 Å². The number of aryl methyl sites for hydroxylation is 2. The van der Waals surface area contributed by atoms with Crippen molar-refractivity contribution in [1.29, 1.82) is 0 Å². The first-order chi connectivity index (χ1) is 8.65. The van der Waals surface area contributed by atoms with Gasteiger partial charge in [0.1, 0.15) is 5.82 Å². The van der Waals surface area contributed by atoms with E-state index in [0.717, 1.165) is 30.5 Å². The lowest BCUT2D eigenvalue weighted by molar-refractivity contribution is 0.402. The molecule has 3 heteroatoms. The molecule has 2 heterocycles. The summed E-state index contributed by atoms with van der Waals surface area (Å²) < 4.78 is 0. The van der Waals surface area contributed by atoms with E-state index in [0.29, 0.717) is 6.54 Å². The molecule has 0 amide bonds. The number of pyridine rings is 1. The second-order valence-corrected chi connectivity index (χ2v) is 5.45. The predicted molar refractivity (Wildman–Crippen MR) is 76.8 cm³/mol. The van der Waals surface area contributed by atoms with Crippen LogP contribution in [0.4, 0.5) is 5.82 Å². The van der Waals surface area contributed by atoms with Crippen molar-refractivity contribution < 1.29 is 0 Å². The van der Waals surface area contributed by atoms with E-state index >= 15 is 0 Å². The molecule has 0 saturated carbocycles. The molecule has 0 bridgehead atoms. The second kappa shape index (κ2) is 5.70. The predicted octanol–water partition coefficient (Wildman–Crippen LogP) is 2.78. The van der Waals surface area contributed by atoms with Crippen LogP contribution in [-0.4, -0.2) is 18.1 Å². The SMILES string of the molecule is CCC1CCCN(c2nc(C)cc(C)c2CN)C1.